The number of nitrogens with one attached hydrogen (secondary N) is 1. The van der Waals surface area contributed by atoms with Crippen molar-refractivity contribution in [2.75, 3.05) is 6.61 Å². The zero-order valence-corrected chi connectivity index (χ0v) is 9.81. The zero-order chi connectivity index (χ0) is 10.7. The van der Waals surface area contributed by atoms with E-state index in [4.69, 9.17) is 27.9 Å². The Morgan fingerprint density at radius 1 is 1.33 bits per heavy atom. The smallest absolute Gasteiger partial charge is 0.108 e. The summed E-state index contributed by atoms with van der Waals surface area (Å²) >= 11 is 11.7. The van der Waals surface area contributed by atoms with E-state index in [2.05, 4.69) is 5.32 Å². The van der Waals surface area contributed by atoms with Crippen molar-refractivity contribution in [3.63, 3.8) is 0 Å². The predicted molar refractivity (Wildman–Crippen MR) is 62.3 cm³/mol. The van der Waals surface area contributed by atoms with Crippen molar-refractivity contribution in [3.8, 4) is 0 Å². The molecule has 1 fully saturated rings. The fourth-order valence-corrected chi connectivity index (χ4v) is 1.94. The second-order valence-electron chi connectivity index (χ2n) is 3.63. The maximum Gasteiger partial charge on any atom is 0.108 e. The highest BCUT2D eigenvalue weighted by molar-refractivity contribution is 6.42. The van der Waals surface area contributed by atoms with Crippen molar-refractivity contribution >= 4 is 23.2 Å². The van der Waals surface area contributed by atoms with Gasteiger partial charge in [-0.15, -0.1) is 0 Å². The quantitative estimate of drug-likeness (QED) is 0.884. The summed E-state index contributed by atoms with van der Waals surface area (Å²) in [6, 6.07) is 5.67. The highest BCUT2D eigenvalue weighted by Gasteiger charge is 2.14. The number of rotatable bonds is 3. The minimum Gasteiger partial charge on any atom is -0.363 e. The van der Waals surface area contributed by atoms with E-state index < -0.39 is 0 Å². The lowest BCUT2D eigenvalue weighted by Gasteiger charge is -2.11. The van der Waals surface area contributed by atoms with Crippen LogP contribution >= 0.6 is 23.2 Å². The lowest BCUT2D eigenvalue weighted by Crippen LogP contribution is -2.27. The topological polar surface area (TPSA) is 21.3 Å². The van der Waals surface area contributed by atoms with Crippen LogP contribution in [0.5, 0.6) is 0 Å². The van der Waals surface area contributed by atoms with Crippen LogP contribution in [0.2, 0.25) is 10.0 Å². The van der Waals surface area contributed by atoms with Gasteiger partial charge in [-0.2, -0.15) is 0 Å². The van der Waals surface area contributed by atoms with Crippen molar-refractivity contribution in [1.82, 2.24) is 5.32 Å². The molecule has 4 heteroatoms. The van der Waals surface area contributed by atoms with E-state index in [0.717, 1.165) is 31.6 Å². The van der Waals surface area contributed by atoms with Crippen LogP contribution in [-0.4, -0.2) is 12.8 Å². The predicted octanol–water partition coefficient (Wildman–Crippen LogP) is 3.22. The Hall–Kier alpha value is -0.280. The van der Waals surface area contributed by atoms with Crippen LogP contribution in [0, 0.1) is 0 Å². The molecule has 1 aromatic rings. The van der Waals surface area contributed by atoms with Crippen LogP contribution in [-0.2, 0) is 11.3 Å². The van der Waals surface area contributed by atoms with Crippen LogP contribution in [0.4, 0.5) is 0 Å². The maximum atomic E-state index is 5.92. The second kappa shape index (κ2) is 5.17. The lowest BCUT2D eigenvalue weighted by molar-refractivity contribution is 0.0827. The summed E-state index contributed by atoms with van der Waals surface area (Å²) in [6.07, 6.45) is 2.42. The molecule has 1 heterocycles. The highest BCUT2D eigenvalue weighted by atomic mass is 35.5. The molecular weight excluding hydrogens is 233 g/mol. The zero-order valence-electron chi connectivity index (χ0n) is 8.30. The van der Waals surface area contributed by atoms with Crippen LogP contribution in [0.15, 0.2) is 18.2 Å². The summed E-state index contributed by atoms with van der Waals surface area (Å²) < 4.78 is 5.46. The van der Waals surface area contributed by atoms with Gasteiger partial charge in [0.05, 0.1) is 10.0 Å². The molecule has 1 aliphatic rings. The lowest BCUT2D eigenvalue weighted by atomic mass is 10.2. The van der Waals surface area contributed by atoms with Gasteiger partial charge in [0.2, 0.25) is 0 Å². The Kier molecular flexibility index (Phi) is 3.87. The normalized spacial score (nSPS) is 20.8. The number of hydrogen-bond donors (Lipinski definition) is 1. The minimum absolute atomic E-state index is 0.194. The molecule has 82 valence electrons. The third-order valence-corrected chi connectivity index (χ3v) is 3.19. The average Bonchev–Trinajstić information content (AvgIpc) is 2.73. The molecule has 2 nitrogen and oxygen atoms in total. The molecule has 1 aromatic carbocycles. The first-order valence-corrected chi connectivity index (χ1v) is 5.80. The van der Waals surface area contributed by atoms with Gasteiger partial charge in [0.1, 0.15) is 6.23 Å². The van der Waals surface area contributed by atoms with Gasteiger partial charge in [-0.05, 0) is 30.5 Å². The summed E-state index contributed by atoms with van der Waals surface area (Å²) in [5.74, 6) is 0. The molecule has 0 aromatic heterocycles. The largest absolute Gasteiger partial charge is 0.363 e. The standard InChI is InChI=1S/C11H13Cl2NO/c12-9-4-3-8(6-10(9)13)7-14-11-2-1-5-15-11/h3-4,6,11,14H,1-2,5,7H2. The van der Waals surface area contributed by atoms with Gasteiger partial charge in [-0.1, -0.05) is 29.3 Å². The van der Waals surface area contributed by atoms with Gasteiger partial charge in [0.15, 0.2) is 0 Å². The molecule has 1 atom stereocenters. The van der Waals surface area contributed by atoms with Gasteiger partial charge >= 0.3 is 0 Å². The Labute approximate surface area is 99.5 Å². The van der Waals surface area contributed by atoms with Crippen LogP contribution < -0.4 is 5.32 Å². The minimum atomic E-state index is 0.194. The van der Waals surface area contributed by atoms with E-state index in [1.54, 1.807) is 0 Å². The van der Waals surface area contributed by atoms with Gasteiger partial charge in [-0.3, -0.25) is 5.32 Å². The van der Waals surface area contributed by atoms with Gasteiger partial charge < -0.3 is 4.74 Å². The molecule has 15 heavy (non-hydrogen) atoms. The molecule has 2 rings (SSSR count). The molecule has 0 amide bonds. The fraction of sp³-hybridized carbons (Fsp3) is 0.455. The summed E-state index contributed by atoms with van der Waals surface area (Å²) in [5.41, 5.74) is 1.12. The molecule has 1 saturated heterocycles. The van der Waals surface area contributed by atoms with E-state index in [9.17, 15) is 0 Å². The van der Waals surface area contributed by atoms with Crippen molar-refractivity contribution in [2.24, 2.45) is 0 Å². The summed E-state index contributed by atoms with van der Waals surface area (Å²) in [6.45, 7) is 1.63. The Morgan fingerprint density at radius 2 is 2.20 bits per heavy atom. The van der Waals surface area contributed by atoms with Crippen LogP contribution in [0.3, 0.4) is 0 Å². The molecule has 0 radical (unpaired) electrons. The number of hydrogen-bond acceptors (Lipinski definition) is 2. The molecule has 0 aliphatic carbocycles. The summed E-state index contributed by atoms with van der Waals surface area (Å²) in [5, 5.41) is 4.52. The maximum absolute atomic E-state index is 5.92. The second-order valence-corrected chi connectivity index (χ2v) is 4.45. The van der Waals surface area contributed by atoms with Crippen molar-refractivity contribution in [1.29, 1.82) is 0 Å². The fourth-order valence-electron chi connectivity index (χ4n) is 1.62. The summed E-state index contributed by atoms with van der Waals surface area (Å²) in [7, 11) is 0. The third kappa shape index (κ3) is 3.08. The molecule has 0 bridgehead atoms. The summed E-state index contributed by atoms with van der Waals surface area (Å²) in [4.78, 5) is 0. The van der Waals surface area contributed by atoms with E-state index in [1.165, 1.54) is 0 Å². The van der Waals surface area contributed by atoms with Gasteiger partial charge in [0.25, 0.3) is 0 Å². The van der Waals surface area contributed by atoms with E-state index >= 15 is 0 Å². The van der Waals surface area contributed by atoms with Gasteiger partial charge in [-0.25, -0.2) is 0 Å². The monoisotopic (exact) mass is 245 g/mol. The first kappa shape index (κ1) is 11.2. The van der Waals surface area contributed by atoms with Crippen molar-refractivity contribution in [3.05, 3.63) is 33.8 Å². The van der Waals surface area contributed by atoms with Crippen LogP contribution in [0.1, 0.15) is 18.4 Å². The molecule has 0 saturated carbocycles. The average molecular weight is 246 g/mol. The molecular formula is C11H13Cl2NO. The first-order chi connectivity index (χ1) is 7.25. The molecule has 1 aliphatic heterocycles. The molecule has 0 spiro atoms. The highest BCUT2D eigenvalue weighted by Crippen LogP contribution is 2.22. The van der Waals surface area contributed by atoms with E-state index in [-0.39, 0.29) is 6.23 Å². The Balaban J connectivity index is 1.90. The molecule has 1 unspecified atom stereocenters. The van der Waals surface area contributed by atoms with E-state index in [1.807, 2.05) is 18.2 Å². The Bertz CT molecular complexity index is 337. The first-order valence-electron chi connectivity index (χ1n) is 5.04. The number of benzene rings is 1. The molecule has 1 N–H and O–H groups in total. The third-order valence-electron chi connectivity index (χ3n) is 2.45. The Morgan fingerprint density at radius 3 is 2.87 bits per heavy atom. The SMILES string of the molecule is Clc1ccc(CNC2CCCO2)cc1Cl. The van der Waals surface area contributed by atoms with Crippen molar-refractivity contribution in [2.45, 2.75) is 25.6 Å². The number of halogens is 2. The van der Waals surface area contributed by atoms with Gasteiger partial charge in [0, 0.05) is 13.2 Å². The van der Waals surface area contributed by atoms with Crippen molar-refractivity contribution < 1.29 is 4.74 Å². The number of ether oxygens (including phenoxy) is 1. The van der Waals surface area contributed by atoms with Crippen LogP contribution in [0.25, 0.3) is 0 Å². The van der Waals surface area contributed by atoms with E-state index in [0.29, 0.717) is 10.0 Å².